The standard InChI is InChI=1S/C21H24N2O2/c1-12-9-10-16-7-5-6-8-17(16)20(12)23-21(25)19-11-18(15(4)24)13(2)22-14(19)3/h5-8,11-12,20H,9-10H2,1-4H3,(H,23,25). The molecule has 0 fully saturated rings. The molecule has 1 aromatic carbocycles. The van der Waals surface area contributed by atoms with Crippen LogP contribution in [0.25, 0.3) is 0 Å². The molecule has 0 aliphatic heterocycles. The van der Waals surface area contributed by atoms with Crippen molar-refractivity contribution in [1.82, 2.24) is 10.3 Å². The molecule has 1 amide bonds. The van der Waals surface area contributed by atoms with E-state index in [1.165, 1.54) is 18.1 Å². The third kappa shape index (κ3) is 3.34. The molecule has 0 spiro atoms. The fourth-order valence-electron chi connectivity index (χ4n) is 3.67. The summed E-state index contributed by atoms with van der Waals surface area (Å²) >= 11 is 0. The average molecular weight is 336 g/mol. The van der Waals surface area contributed by atoms with E-state index in [2.05, 4.69) is 29.4 Å². The summed E-state index contributed by atoms with van der Waals surface area (Å²) in [5.41, 5.74) is 4.79. The van der Waals surface area contributed by atoms with Crippen LogP contribution in [-0.2, 0) is 6.42 Å². The van der Waals surface area contributed by atoms with E-state index in [0.717, 1.165) is 12.8 Å². The highest BCUT2D eigenvalue weighted by molar-refractivity contribution is 6.00. The normalized spacial score (nSPS) is 19.2. The van der Waals surface area contributed by atoms with Gasteiger partial charge in [0.2, 0.25) is 0 Å². The van der Waals surface area contributed by atoms with E-state index in [-0.39, 0.29) is 17.7 Å². The number of aryl methyl sites for hydroxylation is 3. The number of carbonyl (C=O) groups excluding carboxylic acids is 2. The maximum Gasteiger partial charge on any atom is 0.253 e. The van der Waals surface area contributed by atoms with Crippen molar-refractivity contribution in [1.29, 1.82) is 0 Å². The Bertz CT molecular complexity index is 842. The molecule has 2 atom stereocenters. The Balaban J connectivity index is 1.93. The van der Waals surface area contributed by atoms with Gasteiger partial charge in [0.05, 0.1) is 17.3 Å². The van der Waals surface area contributed by atoms with E-state index in [1.54, 1.807) is 13.0 Å². The Hall–Kier alpha value is -2.49. The number of ketones is 1. The molecule has 0 bridgehead atoms. The van der Waals surface area contributed by atoms with Crippen molar-refractivity contribution >= 4 is 11.7 Å². The van der Waals surface area contributed by atoms with Gasteiger partial charge in [0.1, 0.15) is 0 Å². The molecule has 4 nitrogen and oxygen atoms in total. The van der Waals surface area contributed by atoms with Gasteiger partial charge in [-0.2, -0.15) is 0 Å². The number of hydrogen-bond donors (Lipinski definition) is 1. The maximum absolute atomic E-state index is 12.9. The highest BCUT2D eigenvalue weighted by atomic mass is 16.1. The summed E-state index contributed by atoms with van der Waals surface area (Å²) in [6.45, 7) is 7.28. The van der Waals surface area contributed by atoms with E-state index in [4.69, 9.17) is 0 Å². The van der Waals surface area contributed by atoms with Gasteiger partial charge in [0.25, 0.3) is 5.91 Å². The molecule has 2 aromatic rings. The van der Waals surface area contributed by atoms with E-state index in [0.29, 0.717) is 28.4 Å². The van der Waals surface area contributed by atoms with Crippen LogP contribution in [0.5, 0.6) is 0 Å². The molecule has 1 N–H and O–H groups in total. The number of Topliss-reactive ketones (excluding diaryl/α,β-unsaturated/α-hetero) is 1. The summed E-state index contributed by atoms with van der Waals surface area (Å²) in [5, 5.41) is 3.18. The molecule has 3 rings (SSSR count). The molecule has 130 valence electrons. The predicted molar refractivity (Wildman–Crippen MR) is 97.8 cm³/mol. The summed E-state index contributed by atoms with van der Waals surface area (Å²) in [6.07, 6.45) is 2.09. The van der Waals surface area contributed by atoms with Crippen LogP contribution in [0.1, 0.15) is 69.5 Å². The number of fused-ring (bicyclic) bond motifs is 1. The van der Waals surface area contributed by atoms with Gasteiger partial charge in [-0.15, -0.1) is 0 Å². The highest BCUT2D eigenvalue weighted by Gasteiger charge is 2.28. The lowest BCUT2D eigenvalue weighted by Crippen LogP contribution is -2.36. The summed E-state index contributed by atoms with van der Waals surface area (Å²) in [5.74, 6) is 0.126. The predicted octanol–water partition coefficient (Wildman–Crippen LogP) is 3.95. The summed E-state index contributed by atoms with van der Waals surface area (Å²) in [4.78, 5) is 29.1. The van der Waals surface area contributed by atoms with Gasteiger partial charge >= 0.3 is 0 Å². The molecule has 1 aromatic heterocycles. The van der Waals surface area contributed by atoms with Gasteiger partial charge in [0.15, 0.2) is 5.78 Å². The second kappa shape index (κ2) is 6.79. The first-order valence-corrected chi connectivity index (χ1v) is 8.76. The van der Waals surface area contributed by atoms with Gasteiger partial charge in [-0.3, -0.25) is 14.6 Å². The van der Waals surface area contributed by atoms with E-state index in [1.807, 2.05) is 19.1 Å². The van der Waals surface area contributed by atoms with Crippen molar-refractivity contribution in [2.24, 2.45) is 5.92 Å². The Morgan fingerprint density at radius 1 is 1.12 bits per heavy atom. The first-order chi connectivity index (χ1) is 11.9. The third-order valence-electron chi connectivity index (χ3n) is 5.14. The molecule has 1 aliphatic carbocycles. The molecule has 25 heavy (non-hydrogen) atoms. The van der Waals surface area contributed by atoms with Crippen LogP contribution in [0.4, 0.5) is 0 Å². The van der Waals surface area contributed by atoms with E-state index < -0.39 is 0 Å². The summed E-state index contributed by atoms with van der Waals surface area (Å²) in [7, 11) is 0. The first kappa shape index (κ1) is 17.3. The third-order valence-corrected chi connectivity index (χ3v) is 5.14. The van der Waals surface area contributed by atoms with Crippen LogP contribution >= 0.6 is 0 Å². The van der Waals surface area contributed by atoms with Crippen LogP contribution in [0.3, 0.4) is 0 Å². The SMILES string of the molecule is CC(=O)c1cc(C(=O)NC2c3ccccc3CCC2C)c(C)nc1C. The Labute approximate surface area is 148 Å². The summed E-state index contributed by atoms with van der Waals surface area (Å²) < 4.78 is 0. The largest absolute Gasteiger partial charge is 0.345 e. The van der Waals surface area contributed by atoms with Crippen LogP contribution < -0.4 is 5.32 Å². The Kier molecular flexibility index (Phi) is 4.71. The quantitative estimate of drug-likeness (QED) is 0.863. The topological polar surface area (TPSA) is 59.1 Å². The van der Waals surface area contributed by atoms with Gasteiger partial charge in [-0.1, -0.05) is 31.2 Å². The molecule has 1 aliphatic rings. The number of hydrogen-bond acceptors (Lipinski definition) is 3. The van der Waals surface area contributed by atoms with Crippen molar-refractivity contribution in [2.75, 3.05) is 0 Å². The Morgan fingerprint density at radius 2 is 1.80 bits per heavy atom. The van der Waals surface area contributed by atoms with Crippen molar-refractivity contribution in [2.45, 2.75) is 46.6 Å². The van der Waals surface area contributed by atoms with Gasteiger partial charge in [0, 0.05) is 11.3 Å². The molecular weight excluding hydrogens is 312 g/mol. The van der Waals surface area contributed by atoms with Crippen molar-refractivity contribution in [3.63, 3.8) is 0 Å². The molecule has 1 heterocycles. The van der Waals surface area contributed by atoms with E-state index >= 15 is 0 Å². The maximum atomic E-state index is 12.9. The van der Waals surface area contributed by atoms with Crippen LogP contribution in [-0.4, -0.2) is 16.7 Å². The number of carbonyl (C=O) groups is 2. The zero-order valence-corrected chi connectivity index (χ0v) is 15.2. The molecule has 0 saturated heterocycles. The lowest BCUT2D eigenvalue weighted by Gasteiger charge is -2.32. The minimum atomic E-state index is -0.166. The van der Waals surface area contributed by atoms with Gasteiger partial charge in [-0.05, 0) is 56.7 Å². The minimum absolute atomic E-state index is 0.0149. The molecule has 0 saturated carbocycles. The fraction of sp³-hybridized carbons (Fsp3) is 0.381. The zero-order valence-electron chi connectivity index (χ0n) is 15.2. The zero-order chi connectivity index (χ0) is 18.1. The van der Waals surface area contributed by atoms with Crippen LogP contribution in [0.15, 0.2) is 30.3 Å². The highest BCUT2D eigenvalue weighted by Crippen LogP contribution is 2.34. The summed E-state index contributed by atoms with van der Waals surface area (Å²) in [6, 6.07) is 9.95. The lowest BCUT2D eigenvalue weighted by molar-refractivity contribution is 0.0918. The second-order valence-electron chi connectivity index (χ2n) is 6.98. The monoisotopic (exact) mass is 336 g/mol. The Morgan fingerprint density at radius 3 is 2.52 bits per heavy atom. The van der Waals surface area contributed by atoms with Gasteiger partial charge in [-0.25, -0.2) is 0 Å². The van der Waals surface area contributed by atoms with Crippen molar-refractivity contribution in [3.8, 4) is 0 Å². The fourth-order valence-corrected chi connectivity index (χ4v) is 3.67. The number of nitrogens with zero attached hydrogens (tertiary/aromatic N) is 1. The number of nitrogens with one attached hydrogen (secondary N) is 1. The minimum Gasteiger partial charge on any atom is -0.345 e. The molecule has 2 unspecified atom stereocenters. The van der Waals surface area contributed by atoms with Crippen LogP contribution in [0.2, 0.25) is 0 Å². The van der Waals surface area contributed by atoms with Crippen molar-refractivity contribution < 1.29 is 9.59 Å². The first-order valence-electron chi connectivity index (χ1n) is 8.76. The lowest BCUT2D eigenvalue weighted by atomic mass is 9.80. The number of rotatable bonds is 3. The molecular formula is C21H24N2O2. The average Bonchev–Trinajstić information content (AvgIpc) is 2.57. The van der Waals surface area contributed by atoms with E-state index in [9.17, 15) is 9.59 Å². The van der Waals surface area contributed by atoms with Crippen LogP contribution in [0, 0.1) is 19.8 Å². The number of pyridine rings is 1. The number of aromatic nitrogens is 1. The smallest absolute Gasteiger partial charge is 0.253 e. The molecule has 0 radical (unpaired) electrons. The second-order valence-corrected chi connectivity index (χ2v) is 6.98. The number of amides is 1. The molecule has 4 heteroatoms. The van der Waals surface area contributed by atoms with Crippen molar-refractivity contribution in [3.05, 3.63) is 64.0 Å². The number of benzene rings is 1. The van der Waals surface area contributed by atoms with Gasteiger partial charge < -0.3 is 5.32 Å².